The van der Waals surface area contributed by atoms with Crippen LogP contribution in [0, 0.1) is 6.92 Å². The Bertz CT molecular complexity index is 407. The highest BCUT2D eigenvalue weighted by Crippen LogP contribution is 2.14. The van der Waals surface area contributed by atoms with Gasteiger partial charge in [0.1, 0.15) is 0 Å². The molecule has 1 amide bonds. The van der Waals surface area contributed by atoms with Gasteiger partial charge in [-0.1, -0.05) is 29.8 Å². The summed E-state index contributed by atoms with van der Waals surface area (Å²) in [5, 5.41) is 6.12. The molecule has 0 aromatic heterocycles. The van der Waals surface area contributed by atoms with Crippen molar-refractivity contribution in [1.82, 2.24) is 10.6 Å². The number of hydrogen-bond donors (Lipinski definition) is 2. The van der Waals surface area contributed by atoms with Crippen LogP contribution in [0.2, 0.25) is 0 Å². The largest absolute Gasteiger partial charge is 0.383 e. The quantitative estimate of drug-likeness (QED) is 0.738. The van der Waals surface area contributed by atoms with Crippen LogP contribution in [0.5, 0.6) is 0 Å². The predicted molar refractivity (Wildman–Crippen MR) is 77.1 cm³/mol. The first-order chi connectivity index (χ1) is 9.04. The van der Waals surface area contributed by atoms with Crippen LogP contribution < -0.4 is 10.6 Å². The fraction of sp³-hybridized carbons (Fsp3) is 0.533. The lowest BCUT2D eigenvalue weighted by atomic mass is 10.1. The van der Waals surface area contributed by atoms with Gasteiger partial charge >= 0.3 is 0 Å². The van der Waals surface area contributed by atoms with Crippen molar-refractivity contribution in [3.8, 4) is 0 Å². The second kappa shape index (κ2) is 7.92. The van der Waals surface area contributed by atoms with Crippen molar-refractivity contribution in [3.63, 3.8) is 0 Å². The summed E-state index contributed by atoms with van der Waals surface area (Å²) < 4.78 is 4.90. The molecular formula is C15H24N2O2. The van der Waals surface area contributed by atoms with Crippen molar-refractivity contribution in [3.05, 3.63) is 35.4 Å². The molecule has 0 aliphatic heterocycles. The van der Waals surface area contributed by atoms with Crippen molar-refractivity contribution in [2.45, 2.75) is 32.9 Å². The zero-order chi connectivity index (χ0) is 14.3. The summed E-state index contributed by atoms with van der Waals surface area (Å²) >= 11 is 0. The third kappa shape index (κ3) is 5.41. The van der Waals surface area contributed by atoms with Crippen LogP contribution in [0.15, 0.2) is 24.3 Å². The Balaban J connectivity index is 2.47. The Morgan fingerprint density at radius 2 is 2.11 bits per heavy atom. The Hall–Kier alpha value is -1.39. The van der Waals surface area contributed by atoms with Crippen LogP contribution in [0.3, 0.4) is 0 Å². The number of methoxy groups -OCH3 is 1. The molecule has 0 aliphatic rings. The van der Waals surface area contributed by atoms with E-state index in [0.717, 1.165) is 0 Å². The van der Waals surface area contributed by atoms with E-state index in [-0.39, 0.29) is 18.0 Å². The fourth-order valence-electron chi connectivity index (χ4n) is 1.92. The van der Waals surface area contributed by atoms with Crippen molar-refractivity contribution in [2.24, 2.45) is 0 Å². The summed E-state index contributed by atoms with van der Waals surface area (Å²) in [6, 6.07) is 8.21. The minimum absolute atomic E-state index is 0.00319. The van der Waals surface area contributed by atoms with E-state index in [0.29, 0.717) is 13.2 Å². The summed E-state index contributed by atoms with van der Waals surface area (Å²) in [6.45, 7) is 7.07. The Morgan fingerprint density at radius 1 is 1.37 bits per heavy atom. The van der Waals surface area contributed by atoms with Gasteiger partial charge in [0, 0.05) is 19.7 Å². The van der Waals surface area contributed by atoms with Gasteiger partial charge < -0.3 is 10.1 Å². The number of carbonyl (C=O) groups excluding carboxylic acids is 1. The molecule has 19 heavy (non-hydrogen) atoms. The number of carbonyl (C=O) groups is 1. The van der Waals surface area contributed by atoms with Crippen LogP contribution in [-0.4, -0.2) is 32.2 Å². The first-order valence-corrected chi connectivity index (χ1v) is 6.64. The molecule has 0 aliphatic carbocycles. The van der Waals surface area contributed by atoms with E-state index in [2.05, 4.69) is 42.7 Å². The number of ether oxygens (including phenoxy) is 1. The monoisotopic (exact) mass is 264 g/mol. The number of rotatable bonds is 7. The second-order valence-electron chi connectivity index (χ2n) is 4.81. The van der Waals surface area contributed by atoms with Gasteiger partial charge in [0.2, 0.25) is 5.91 Å². The molecule has 0 spiro atoms. The molecule has 0 bridgehead atoms. The van der Waals surface area contributed by atoms with E-state index in [9.17, 15) is 4.79 Å². The van der Waals surface area contributed by atoms with Crippen LogP contribution in [0.4, 0.5) is 0 Å². The molecule has 0 heterocycles. The summed E-state index contributed by atoms with van der Waals surface area (Å²) in [7, 11) is 1.62. The average Bonchev–Trinajstić information content (AvgIpc) is 2.38. The highest BCUT2D eigenvalue weighted by atomic mass is 16.5. The molecule has 106 valence electrons. The SMILES string of the molecule is COCCNC(=O)C(C)N[C@H](C)c1cccc(C)c1. The van der Waals surface area contributed by atoms with Gasteiger partial charge in [0.05, 0.1) is 12.6 Å². The molecule has 0 radical (unpaired) electrons. The summed E-state index contributed by atoms with van der Waals surface area (Å²) in [5.41, 5.74) is 2.42. The lowest BCUT2D eigenvalue weighted by Crippen LogP contribution is -2.44. The van der Waals surface area contributed by atoms with E-state index < -0.39 is 0 Å². The minimum Gasteiger partial charge on any atom is -0.383 e. The fourth-order valence-corrected chi connectivity index (χ4v) is 1.92. The van der Waals surface area contributed by atoms with Crippen molar-refractivity contribution < 1.29 is 9.53 Å². The van der Waals surface area contributed by atoms with E-state index in [1.807, 2.05) is 13.0 Å². The number of hydrogen-bond acceptors (Lipinski definition) is 3. The standard InChI is InChI=1S/C15H24N2O2/c1-11-6-5-7-14(10-11)12(2)17-13(3)15(18)16-8-9-19-4/h5-7,10,12-13,17H,8-9H2,1-4H3,(H,16,18)/t12-,13?/m1/s1. The molecule has 1 aromatic rings. The van der Waals surface area contributed by atoms with Crippen LogP contribution in [0.25, 0.3) is 0 Å². The van der Waals surface area contributed by atoms with E-state index >= 15 is 0 Å². The molecule has 0 fully saturated rings. The molecule has 4 nitrogen and oxygen atoms in total. The number of benzene rings is 1. The van der Waals surface area contributed by atoms with Crippen LogP contribution in [0.1, 0.15) is 31.0 Å². The molecule has 2 atom stereocenters. The van der Waals surface area contributed by atoms with Gasteiger partial charge in [0.25, 0.3) is 0 Å². The lowest BCUT2D eigenvalue weighted by molar-refractivity contribution is -0.123. The van der Waals surface area contributed by atoms with Gasteiger partial charge in [-0.05, 0) is 26.3 Å². The normalized spacial score (nSPS) is 13.9. The van der Waals surface area contributed by atoms with E-state index in [4.69, 9.17) is 4.74 Å². The third-order valence-corrected chi connectivity index (χ3v) is 3.04. The van der Waals surface area contributed by atoms with Crippen molar-refractivity contribution in [2.75, 3.05) is 20.3 Å². The van der Waals surface area contributed by atoms with Gasteiger partial charge in [-0.25, -0.2) is 0 Å². The maximum absolute atomic E-state index is 11.8. The average molecular weight is 264 g/mol. The maximum Gasteiger partial charge on any atom is 0.236 e. The molecule has 0 saturated carbocycles. The molecule has 4 heteroatoms. The molecule has 1 rings (SSSR count). The lowest BCUT2D eigenvalue weighted by Gasteiger charge is -2.20. The smallest absolute Gasteiger partial charge is 0.236 e. The number of aryl methyl sites for hydroxylation is 1. The number of amides is 1. The molecular weight excluding hydrogens is 240 g/mol. The third-order valence-electron chi connectivity index (χ3n) is 3.04. The molecule has 1 aromatic carbocycles. The summed E-state index contributed by atoms with van der Waals surface area (Å²) in [5.74, 6) is -0.00319. The summed E-state index contributed by atoms with van der Waals surface area (Å²) in [6.07, 6.45) is 0. The van der Waals surface area contributed by atoms with E-state index in [1.54, 1.807) is 7.11 Å². The molecule has 1 unspecified atom stereocenters. The zero-order valence-corrected chi connectivity index (χ0v) is 12.2. The van der Waals surface area contributed by atoms with Gasteiger partial charge in [-0.15, -0.1) is 0 Å². The maximum atomic E-state index is 11.8. The van der Waals surface area contributed by atoms with E-state index in [1.165, 1.54) is 11.1 Å². The van der Waals surface area contributed by atoms with Crippen molar-refractivity contribution >= 4 is 5.91 Å². The predicted octanol–water partition coefficient (Wildman–Crippen LogP) is 1.80. The summed E-state index contributed by atoms with van der Waals surface area (Å²) in [4.78, 5) is 11.8. The number of nitrogens with one attached hydrogen (secondary N) is 2. The highest BCUT2D eigenvalue weighted by molar-refractivity contribution is 5.81. The zero-order valence-electron chi connectivity index (χ0n) is 12.2. The second-order valence-corrected chi connectivity index (χ2v) is 4.81. The highest BCUT2D eigenvalue weighted by Gasteiger charge is 2.15. The van der Waals surface area contributed by atoms with Crippen LogP contribution >= 0.6 is 0 Å². The van der Waals surface area contributed by atoms with Gasteiger partial charge in [-0.3, -0.25) is 10.1 Å². The Kier molecular flexibility index (Phi) is 6.53. The first-order valence-electron chi connectivity index (χ1n) is 6.64. The topological polar surface area (TPSA) is 50.4 Å². The Morgan fingerprint density at radius 3 is 2.74 bits per heavy atom. The molecule has 0 saturated heterocycles. The first kappa shape index (κ1) is 15.7. The van der Waals surface area contributed by atoms with Crippen LogP contribution in [-0.2, 0) is 9.53 Å². The molecule has 2 N–H and O–H groups in total. The van der Waals surface area contributed by atoms with Gasteiger partial charge in [-0.2, -0.15) is 0 Å². The minimum atomic E-state index is -0.229. The van der Waals surface area contributed by atoms with Gasteiger partial charge in [0.15, 0.2) is 0 Å². The van der Waals surface area contributed by atoms with Crippen molar-refractivity contribution in [1.29, 1.82) is 0 Å². The Labute approximate surface area is 115 Å².